The van der Waals surface area contributed by atoms with Gasteiger partial charge in [0.05, 0.1) is 11.1 Å². The van der Waals surface area contributed by atoms with Gasteiger partial charge < -0.3 is 14.9 Å². The van der Waals surface area contributed by atoms with Crippen LogP contribution in [0.2, 0.25) is 5.02 Å². The molecule has 2 N–H and O–H groups in total. The van der Waals surface area contributed by atoms with E-state index < -0.39 is 18.1 Å². The van der Waals surface area contributed by atoms with Crippen LogP contribution in [0, 0.1) is 6.92 Å². The normalized spacial score (nSPS) is 19.6. The summed E-state index contributed by atoms with van der Waals surface area (Å²) in [5, 5.41) is 20.2. The SMILES string of the molecule is Cc1c(COc2c(Cl)cc(CN3C[C@H](O)C[C@H]3C(=O)O)c3c2CCC3)cccc1-c1ccccc1. The van der Waals surface area contributed by atoms with Gasteiger partial charge in [0.25, 0.3) is 0 Å². The lowest BCUT2D eigenvalue weighted by atomic mass is 9.97. The van der Waals surface area contributed by atoms with Crippen LogP contribution in [0.25, 0.3) is 11.1 Å². The number of carboxylic acid groups (broad SMARTS) is 1. The number of hydrogen-bond acceptors (Lipinski definition) is 4. The first kappa shape index (κ1) is 23.9. The Kier molecular flexibility index (Phi) is 6.83. The van der Waals surface area contributed by atoms with Crippen molar-refractivity contribution < 1.29 is 19.7 Å². The van der Waals surface area contributed by atoms with Gasteiger partial charge in [-0.05, 0) is 71.2 Å². The van der Waals surface area contributed by atoms with E-state index in [0.717, 1.165) is 41.7 Å². The van der Waals surface area contributed by atoms with E-state index in [-0.39, 0.29) is 6.42 Å². The largest absolute Gasteiger partial charge is 0.487 e. The van der Waals surface area contributed by atoms with Crippen LogP contribution >= 0.6 is 11.6 Å². The number of carbonyl (C=O) groups is 1. The third kappa shape index (κ3) is 4.81. The Morgan fingerprint density at radius 1 is 1.09 bits per heavy atom. The number of rotatable bonds is 7. The molecule has 1 aliphatic heterocycles. The average molecular weight is 492 g/mol. The summed E-state index contributed by atoms with van der Waals surface area (Å²) < 4.78 is 6.36. The molecule has 5 nitrogen and oxygen atoms in total. The molecule has 0 unspecified atom stereocenters. The number of β-amino-alcohol motifs (C(OH)–C–C–N with tert-alkyl or cyclic N) is 1. The minimum Gasteiger partial charge on any atom is -0.487 e. The quantitative estimate of drug-likeness (QED) is 0.463. The molecule has 1 fully saturated rings. The standard InChI is InChI=1S/C29H30ClNO4/c1-18-20(9-5-10-23(18)19-7-3-2-4-8-19)17-35-28-25-12-6-11-24(25)21(13-26(28)30)15-31-16-22(32)14-27(31)29(33)34/h2-5,7-10,13,22,27,32H,6,11-12,14-17H2,1H3,(H,33,34)/t22-,27+/m1/s1. The second-order valence-corrected chi connectivity index (χ2v) is 9.98. The summed E-state index contributed by atoms with van der Waals surface area (Å²) in [6.45, 7) is 3.38. The van der Waals surface area contributed by atoms with Gasteiger partial charge in [-0.15, -0.1) is 0 Å². The maximum Gasteiger partial charge on any atom is 0.321 e. The molecular formula is C29H30ClNO4. The molecular weight excluding hydrogens is 462 g/mol. The van der Waals surface area contributed by atoms with E-state index in [9.17, 15) is 15.0 Å². The molecule has 1 heterocycles. The second kappa shape index (κ2) is 10.0. The topological polar surface area (TPSA) is 70.0 Å². The molecule has 3 aromatic rings. The molecule has 6 heteroatoms. The van der Waals surface area contributed by atoms with Crippen LogP contribution in [-0.4, -0.2) is 39.8 Å². The van der Waals surface area contributed by atoms with E-state index in [2.05, 4.69) is 37.3 Å². The van der Waals surface area contributed by atoms with E-state index >= 15 is 0 Å². The van der Waals surface area contributed by atoms with Crippen LogP contribution in [0.3, 0.4) is 0 Å². The van der Waals surface area contributed by atoms with Crippen molar-refractivity contribution in [2.24, 2.45) is 0 Å². The van der Waals surface area contributed by atoms with Crippen molar-refractivity contribution in [2.45, 2.75) is 57.9 Å². The summed E-state index contributed by atoms with van der Waals surface area (Å²) in [6.07, 6.45) is 2.48. The first-order valence-electron chi connectivity index (χ1n) is 12.2. The number of fused-ring (bicyclic) bond motifs is 1. The lowest BCUT2D eigenvalue weighted by molar-refractivity contribution is -0.142. The van der Waals surface area contributed by atoms with Gasteiger partial charge in [-0.1, -0.05) is 60.1 Å². The third-order valence-electron chi connectivity index (χ3n) is 7.34. The van der Waals surface area contributed by atoms with E-state index in [1.165, 1.54) is 22.3 Å². The van der Waals surface area contributed by atoms with Crippen LogP contribution < -0.4 is 4.74 Å². The number of halogens is 1. The average Bonchev–Trinajstić information content (AvgIpc) is 3.47. The zero-order chi connectivity index (χ0) is 24.5. The molecule has 0 bridgehead atoms. The number of aliphatic hydroxyl groups excluding tert-OH is 1. The maximum absolute atomic E-state index is 11.7. The number of aliphatic carboxylic acids is 1. The number of ether oxygens (including phenoxy) is 1. The second-order valence-electron chi connectivity index (χ2n) is 9.57. The fraction of sp³-hybridized carbons (Fsp3) is 0.345. The minimum absolute atomic E-state index is 0.258. The van der Waals surface area contributed by atoms with Crippen LogP contribution in [0.5, 0.6) is 5.75 Å². The van der Waals surface area contributed by atoms with Crippen LogP contribution in [-0.2, 0) is 30.8 Å². The third-order valence-corrected chi connectivity index (χ3v) is 7.62. The van der Waals surface area contributed by atoms with Gasteiger partial charge >= 0.3 is 5.97 Å². The minimum atomic E-state index is -0.891. The Hall–Kier alpha value is -2.86. The van der Waals surface area contributed by atoms with E-state index in [4.69, 9.17) is 16.3 Å². The first-order chi connectivity index (χ1) is 16.9. The number of carboxylic acids is 1. The summed E-state index contributed by atoms with van der Waals surface area (Å²) in [5.74, 6) is -0.152. The monoisotopic (exact) mass is 491 g/mol. The van der Waals surface area contributed by atoms with E-state index in [0.29, 0.717) is 24.7 Å². The molecule has 1 saturated heterocycles. The fourth-order valence-electron chi connectivity index (χ4n) is 5.55. The van der Waals surface area contributed by atoms with E-state index in [1.807, 2.05) is 29.2 Å². The van der Waals surface area contributed by atoms with Gasteiger partial charge in [0.2, 0.25) is 0 Å². The molecule has 182 valence electrons. The highest BCUT2D eigenvalue weighted by Gasteiger charge is 2.36. The Balaban J connectivity index is 1.39. The van der Waals surface area contributed by atoms with Crippen LogP contribution in [0.1, 0.15) is 40.7 Å². The zero-order valence-electron chi connectivity index (χ0n) is 19.8. The predicted molar refractivity (Wildman–Crippen MR) is 137 cm³/mol. The lowest BCUT2D eigenvalue weighted by Crippen LogP contribution is -2.35. The zero-order valence-corrected chi connectivity index (χ0v) is 20.6. The molecule has 0 aromatic heterocycles. The van der Waals surface area contributed by atoms with Crippen molar-refractivity contribution in [1.29, 1.82) is 0 Å². The summed E-state index contributed by atoms with van der Waals surface area (Å²) in [5.41, 5.74) is 8.07. The highest BCUT2D eigenvalue weighted by molar-refractivity contribution is 6.32. The highest BCUT2D eigenvalue weighted by Crippen LogP contribution is 2.41. The van der Waals surface area contributed by atoms with Crippen molar-refractivity contribution in [3.05, 3.63) is 87.4 Å². The molecule has 0 spiro atoms. The fourth-order valence-corrected chi connectivity index (χ4v) is 5.85. The number of hydrogen-bond donors (Lipinski definition) is 2. The Bertz CT molecular complexity index is 1240. The van der Waals surface area contributed by atoms with Crippen molar-refractivity contribution in [2.75, 3.05) is 6.54 Å². The van der Waals surface area contributed by atoms with E-state index in [1.54, 1.807) is 0 Å². The molecule has 0 amide bonds. The lowest BCUT2D eigenvalue weighted by Gasteiger charge is -2.23. The molecule has 0 radical (unpaired) electrons. The van der Waals surface area contributed by atoms with Gasteiger partial charge in [-0.25, -0.2) is 0 Å². The van der Waals surface area contributed by atoms with Gasteiger partial charge in [-0.2, -0.15) is 0 Å². The maximum atomic E-state index is 11.7. The van der Waals surface area contributed by atoms with Crippen molar-refractivity contribution in [3.63, 3.8) is 0 Å². The van der Waals surface area contributed by atoms with Gasteiger partial charge in [0, 0.05) is 19.5 Å². The summed E-state index contributed by atoms with van der Waals surface area (Å²) >= 11 is 6.75. The highest BCUT2D eigenvalue weighted by atomic mass is 35.5. The molecule has 35 heavy (non-hydrogen) atoms. The van der Waals surface area contributed by atoms with Gasteiger partial charge in [0.1, 0.15) is 18.4 Å². The Morgan fingerprint density at radius 3 is 2.63 bits per heavy atom. The number of aliphatic hydroxyl groups is 1. The van der Waals surface area contributed by atoms with Crippen LogP contribution in [0.4, 0.5) is 0 Å². The summed E-state index contributed by atoms with van der Waals surface area (Å²) in [7, 11) is 0. The van der Waals surface area contributed by atoms with Crippen molar-refractivity contribution in [1.82, 2.24) is 4.90 Å². The van der Waals surface area contributed by atoms with Gasteiger partial charge in [0.15, 0.2) is 0 Å². The molecule has 0 saturated carbocycles. The van der Waals surface area contributed by atoms with Crippen molar-refractivity contribution in [3.8, 4) is 16.9 Å². The number of nitrogens with zero attached hydrogens (tertiary/aromatic N) is 1. The first-order valence-corrected chi connectivity index (χ1v) is 12.5. The smallest absolute Gasteiger partial charge is 0.321 e. The molecule has 5 rings (SSSR count). The Morgan fingerprint density at radius 2 is 1.86 bits per heavy atom. The number of likely N-dealkylation sites (tertiary alicyclic amines) is 1. The summed E-state index contributed by atoms with van der Waals surface area (Å²) in [6, 6.07) is 17.9. The molecule has 2 aliphatic rings. The van der Waals surface area contributed by atoms with Gasteiger partial charge in [-0.3, -0.25) is 9.69 Å². The van der Waals surface area contributed by atoms with Crippen LogP contribution in [0.15, 0.2) is 54.6 Å². The number of benzene rings is 3. The summed E-state index contributed by atoms with van der Waals surface area (Å²) in [4.78, 5) is 13.5. The van der Waals surface area contributed by atoms with Crippen molar-refractivity contribution >= 4 is 17.6 Å². The predicted octanol–water partition coefficient (Wildman–Crippen LogP) is 5.40. The molecule has 3 aromatic carbocycles. The molecule has 1 aliphatic carbocycles. The molecule has 2 atom stereocenters. The Labute approximate surface area is 210 Å².